The Hall–Kier alpha value is -4.48. The van der Waals surface area contributed by atoms with Crippen LogP contribution in [0.15, 0.2) is 37.2 Å². The summed E-state index contributed by atoms with van der Waals surface area (Å²) in [7, 11) is 0. The van der Waals surface area contributed by atoms with E-state index in [0.717, 1.165) is 44.3 Å². The molecule has 2 aliphatic heterocycles. The minimum Gasteiger partial charge on any atom is -0.383 e. The van der Waals surface area contributed by atoms with Gasteiger partial charge in [-0.3, -0.25) is 9.59 Å². The third-order valence-corrected chi connectivity index (χ3v) is 7.08. The van der Waals surface area contributed by atoms with Crippen LogP contribution in [0.25, 0.3) is 11.0 Å². The number of urea groups is 1. The van der Waals surface area contributed by atoms with E-state index in [1.165, 1.54) is 12.4 Å². The number of nitrogens with zero attached hydrogens (tertiary/aromatic N) is 6. The van der Waals surface area contributed by atoms with Gasteiger partial charge in [0.15, 0.2) is 11.3 Å². The molecule has 2 saturated heterocycles. The molecule has 2 aliphatic rings. The summed E-state index contributed by atoms with van der Waals surface area (Å²) in [4.78, 5) is 50.0. The fourth-order valence-corrected chi connectivity index (χ4v) is 5.08. The van der Waals surface area contributed by atoms with Gasteiger partial charge < -0.3 is 26.2 Å². The van der Waals surface area contributed by atoms with Gasteiger partial charge >= 0.3 is 6.03 Å². The smallest absolute Gasteiger partial charge is 0.321 e. The Kier molecular flexibility index (Phi) is 6.95. The normalized spacial score (nSPS) is 17.4. The summed E-state index contributed by atoms with van der Waals surface area (Å²) in [5.74, 6) is -0.450. The Morgan fingerprint density at radius 3 is 2.58 bits per heavy atom. The fraction of sp³-hybridized carbons (Fsp3) is 0.385. The highest BCUT2D eigenvalue weighted by atomic mass is 16.2. The van der Waals surface area contributed by atoms with Crippen molar-refractivity contribution >= 4 is 46.1 Å². The lowest BCUT2D eigenvalue weighted by molar-refractivity contribution is -0.127. The van der Waals surface area contributed by atoms with Crippen molar-refractivity contribution in [1.82, 2.24) is 29.5 Å². The average Bonchev–Trinajstić information content (AvgIpc) is 3.59. The molecular weight excluding hydrogens is 486 g/mol. The van der Waals surface area contributed by atoms with E-state index in [2.05, 4.69) is 32.3 Å². The maximum Gasteiger partial charge on any atom is 0.321 e. The van der Waals surface area contributed by atoms with Crippen molar-refractivity contribution in [2.24, 2.45) is 0 Å². The average molecular weight is 518 g/mol. The summed E-state index contributed by atoms with van der Waals surface area (Å²) < 4.78 is 1.68. The molecule has 0 saturated carbocycles. The maximum absolute atomic E-state index is 13.4. The van der Waals surface area contributed by atoms with Crippen molar-refractivity contribution in [2.45, 2.75) is 38.6 Å². The summed E-state index contributed by atoms with van der Waals surface area (Å²) in [5.41, 5.74) is 8.72. The van der Waals surface area contributed by atoms with E-state index in [0.29, 0.717) is 35.5 Å². The number of hydrogen-bond donors (Lipinski definition) is 3. The van der Waals surface area contributed by atoms with Gasteiger partial charge in [0.05, 0.1) is 11.4 Å². The van der Waals surface area contributed by atoms with Crippen molar-refractivity contribution in [3.05, 3.63) is 48.4 Å². The predicted octanol–water partition coefficient (Wildman–Crippen LogP) is 2.95. The van der Waals surface area contributed by atoms with Gasteiger partial charge in [-0.25, -0.2) is 19.4 Å². The Balaban J connectivity index is 1.38. The number of hydrogen-bond acceptors (Lipinski definition) is 7. The maximum atomic E-state index is 13.4. The van der Waals surface area contributed by atoms with Crippen molar-refractivity contribution < 1.29 is 14.4 Å². The van der Waals surface area contributed by atoms with Crippen molar-refractivity contribution in [3.63, 3.8) is 0 Å². The summed E-state index contributed by atoms with van der Waals surface area (Å²) in [5, 5.41) is 10.8. The van der Waals surface area contributed by atoms with Gasteiger partial charge in [-0.1, -0.05) is 6.58 Å². The van der Waals surface area contributed by atoms with E-state index >= 15 is 0 Å². The molecule has 0 unspecified atom stereocenters. The lowest BCUT2D eigenvalue weighted by atomic mass is 10.1. The molecule has 12 heteroatoms. The number of anilines is 3. The highest BCUT2D eigenvalue weighted by Gasteiger charge is 2.29. The molecular formula is C26H31N9O3. The molecule has 1 aromatic carbocycles. The number of carbonyl (C=O) groups is 3. The van der Waals surface area contributed by atoms with Gasteiger partial charge in [0.1, 0.15) is 12.1 Å². The zero-order valence-corrected chi connectivity index (χ0v) is 21.3. The summed E-state index contributed by atoms with van der Waals surface area (Å²) >= 11 is 0. The van der Waals surface area contributed by atoms with E-state index in [1.807, 2.05) is 13.0 Å². The molecule has 5 rings (SSSR count). The second kappa shape index (κ2) is 10.5. The van der Waals surface area contributed by atoms with Crippen molar-refractivity contribution in [1.29, 1.82) is 0 Å². The molecule has 0 aliphatic carbocycles. The van der Waals surface area contributed by atoms with Gasteiger partial charge in [0.2, 0.25) is 5.91 Å². The number of fused-ring (bicyclic) bond motifs is 1. The van der Waals surface area contributed by atoms with E-state index in [-0.39, 0.29) is 29.5 Å². The third-order valence-electron chi connectivity index (χ3n) is 7.08. The van der Waals surface area contributed by atoms with Crippen LogP contribution in [0.2, 0.25) is 0 Å². The van der Waals surface area contributed by atoms with Crippen molar-refractivity contribution in [3.8, 4) is 0 Å². The number of amides is 4. The van der Waals surface area contributed by atoms with Crippen LogP contribution in [0.4, 0.5) is 22.0 Å². The first-order chi connectivity index (χ1) is 18.4. The van der Waals surface area contributed by atoms with Crippen LogP contribution in [-0.4, -0.2) is 73.6 Å². The highest BCUT2D eigenvalue weighted by molar-refractivity contribution is 6.13. The standard InChI is InChI=1S/C26H31N9O3/c1-3-20(36)34-12-6-7-18(14-34)35-24-21(23(27)28-15-29-24)22(32-35)25(37)31-19-9-8-17(13-16(19)2)30-26(38)33-10-4-5-11-33/h3,8-9,13,15,18H,1,4-7,10-12,14H2,2H3,(H,30,38)(H,31,37)(H2,27,28,29)/t18-/m1/s1. The second-order valence-corrected chi connectivity index (χ2v) is 9.64. The molecule has 2 aromatic heterocycles. The predicted molar refractivity (Wildman–Crippen MR) is 144 cm³/mol. The number of nitrogen functional groups attached to an aromatic ring is 1. The van der Waals surface area contributed by atoms with Gasteiger partial charge in [0, 0.05) is 37.6 Å². The van der Waals surface area contributed by atoms with Crippen LogP contribution < -0.4 is 16.4 Å². The first-order valence-electron chi connectivity index (χ1n) is 12.7. The molecule has 0 radical (unpaired) electrons. The number of carbonyl (C=O) groups excluding carboxylic acids is 3. The topological polar surface area (TPSA) is 151 Å². The molecule has 1 atom stereocenters. The molecule has 4 heterocycles. The van der Waals surface area contributed by atoms with Crippen LogP contribution in [0.5, 0.6) is 0 Å². The minimum absolute atomic E-state index is 0.107. The number of nitrogens with one attached hydrogen (secondary N) is 2. The zero-order valence-electron chi connectivity index (χ0n) is 21.3. The summed E-state index contributed by atoms with van der Waals surface area (Å²) in [6.07, 6.45) is 6.23. The van der Waals surface area contributed by atoms with E-state index in [4.69, 9.17) is 5.73 Å². The summed E-state index contributed by atoms with van der Waals surface area (Å²) in [6, 6.07) is 5.00. The fourth-order valence-electron chi connectivity index (χ4n) is 5.08. The zero-order chi connectivity index (χ0) is 26.8. The van der Waals surface area contributed by atoms with Crippen LogP contribution in [0, 0.1) is 6.92 Å². The lowest BCUT2D eigenvalue weighted by Crippen LogP contribution is -2.40. The van der Waals surface area contributed by atoms with Gasteiger partial charge in [-0.15, -0.1) is 0 Å². The van der Waals surface area contributed by atoms with Crippen LogP contribution in [-0.2, 0) is 4.79 Å². The molecule has 198 valence electrons. The van der Waals surface area contributed by atoms with E-state index in [9.17, 15) is 14.4 Å². The second-order valence-electron chi connectivity index (χ2n) is 9.64. The Bertz CT molecular complexity index is 1410. The van der Waals surface area contributed by atoms with E-state index < -0.39 is 5.91 Å². The number of piperidine rings is 1. The molecule has 0 bridgehead atoms. The van der Waals surface area contributed by atoms with Gasteiger partial charge in [-0.05, 0) is 62.4 Å². The summed E-state index contributed by atoms with van der Waals surface area (Å²) in [6.45, 7) is 8.01. The lowest BCUT2D eigenvalue weighted by Gasteiger charge is -2.32. The first-order valence-corrected chi connectivity index (χ1v) is 12.7. The Morgan fingerprint density at radius 2 is 1.84 bits per heavy atom. The van der Waals surface area contributed by atoms with E-state index in [1.54, 1.807) is 26.6 Å². The number of aryl methyl sites for hydroxylation is 1. The molecule has 4 amide bonds. The third kappa shape index (κ3) is 4.89. The Morgan fingerprint density at radius 1 is 1.08 bits per heavy atom. The molecule has 0 spiro atoms. The number of likely N-dealkylation sites (tertiary alicyclic amines) is 2. The number of benzene rings is 1. The Labute approximate surface area is 219 Å². The first kappa shape index (κ1) is 25.2. The molecule has 4 N–H and O–H groups in total. The largest absolute Gasteiger partial charge is 0.383 e. The molecule has 38 heavy (non-hydrogen) atoms. The molecule has 3 aromatic rings. The molecule has 2 fully saturated rings. The number of aromatic nitrogens is 4. The quantitative estimate of drug-likeness (QED) is 0.440. The molecule has 12 nitrogen and oxygen atoms in total. The SMILES string of the molecule is C=CC(=O)N1CCC[C@@H](n2nc(C(=O)Nc3ccc(NC(=O)N4CCCC4)cc3C)c3c(N)ncnc32)C1. The van der Waals surface area contributed by atoms with Gasteiger partial charge in [0.25, 0.3) is 5.91 Å². The van der Waals surface area contributed by atoms with Crippen LogP contribution in [0.1, 0.15) is 47.8 Å². The van der Waals surface area contributed by atoms with Crippen LogP contribution >= 0.6 is 0 Å². The monoisotopic (exact) mass is 517 g/mol. The highest BCUT2D eigenvalue weighted by Crippen LogP contribution is 2.30. The van der Waals surface area contributed by atoms with Crippen LogP contribution in [0.3, 0.4) is 0 Å². The van der Waals surface area contributed by atoms with Crippen molar-refractivity contribution in [2.75, 3.05) is 42.5 Å². The minimum atomic E-state index is -0.456. The van der Waals surface area contributed by atoms with Gasteiger partial charge in [-0.2, -0.15) is 5.10 Å². The number of nitrogens with two attached hydrogens (primary N) is 1. The number of rotatable bonds is 5.